The number of ether oxygens (including phenoxy) is 2. The molecule has 1 aromatic heterocycles. The highest BCUT2D eigenvalue weighted by molar-refractivity contribution is 7.96. The number of carbonyl (C=O) groups is 1. The largest absolute Gasteiger partial charge is 0.490 e. The Morgan fingerprint density at radius 3 is 2.66 bits per heavy atom. The van der Waals surface area contributed by atoms with E-state index in [1.165, 1.54) is 12.2 Å². The Morgan fingerprint density at radius 1 is 1.16 bits per heavy atom. The molecule has 4 rings (SSSR count). The summed E-state index contributed by atoms with van der Waals surface area (Å²) in [4.78, 5) is 23.7. The molecule has 1 fully saturated rings. The lowest BCUT2D eigenvalue weighted by Crippen LogP contribution is -2.42. The maximum Gasteiger partial charge on any atom is 0.254 e. The van der Waals surface area contributed by atoms with Crippen molar-refractivity contribution in [2.45, 2.75) is 32.4 Å². The zero-order chi connectivity index (χ0) is 26.0. The Hall–Kier alpha value is -3.15. The van der Waals surface area contributed by atoms with E-state index in [4.69, 9.17) is 13.7 Å². The van der Waals surface area contributed by atoms with Crippen molar-refractivity contribution in [3.63, 3.8) is 0 Å². The summed E-state index contributed by atoms with van der Waals surface area (Å²) >= 11 is 1.24. The van der Waals surface area contributed by atoms with Crippen LogP contribution in [0.25, 0.3) is 0 Å². The maximum absolute atomic E-state index is 12.7. The van der Waals surface area contributed by atoms with Crippen LogP contribution in [0.2, 0.25) is 0 Å². The van der Waals surface area contributed by atoms with E-state index in [0.717, 1.165) is 42.1 Å². The number of piperidine rings is 1. The minimum atomic E-state index is -0.219. The molecular formula is C27H35N5O4S2. The Bertz CT molecular complexity index is 1170. The first kappa shape index (κ1) is 29.4. The quantitative estimate of drug-likeness (QED) is 0.268. The second-order valence-electron chi connectivity index (χ2n) is 8.57. The number of hydrogen-bond donors (Lipinski definition) is 1. The molecule has 0 aliphatic carbocycles. The van der Waals surface area contributed by atoms with Crippen molar-refractivity contribution in [3.8, 4) is 11.5 Å². The van der Waals surface area contributed by atoms with E-state index in [9.17, 15) is 4.79 Å². The second kappa shape index (κ2) is 14.7. The number of nitrogens with one attached hydrogen (secondary N) is 1. The molecule has 2 aromatic carbocycles. The summed E-state index contributed by atoms with van der Waals surface area (Å²) < 4.78 is 19.0. The topological polar surface area (TPSA) is 89.1 Å². The van der Waals surface area contributed by atoms with Crippen molar-refractivity contribution in [1.82, 2.24) is 15.3 Å². The first-order valence-electron chi connectivity index (χ1n) is 12.3. The van der Waals surface area contributed by atoms with Gasteiger partial charge in [-0.05, 0) is 49.6 Å². The first-order valence-corrected chi connectivity index (χ1v) is 13.0. The fourth-order valence-electron chi connectivity index (χ4n) is 4.12. The predicted octanol–water partition coefficient (Wildman–Crippen LogP) is 4.61. The standard InChI is InChI=1S/C27H33N5O4S.H2S/c1-4-35-24-12-5-6-13-25(24)36-23-11-8-14-32(19-23)27-29-17-21(18-30-27)26(33)28-16-20-9-7-10-22(15-20)31(2)37-34-3;/h5-7,9-10,12-13,15,17-18,23H,4,8,11,14,16,19H2,1-3H3,(H,28,33);1H2. The zero-order valence-corrected chi connectivity index (χ0v) is 23.7. The number of nitrogens with zero attached hydrogens (tertiary/aromatic N) is 4. The summed E-state index contributed by atoms with van der Waals surface area (Å²) in [5.41, 5.74) is 2.39. The van der Waals surface area contributed by atoms with Gasteiger partial charge in [-0.25, -0.2) is 9.97 Å². The summed E-state index contributed by atoms with van der Waals surface area (Å²) in [7, 11) is 3.54. The van der Waals surface area contributed by atoms with Crippen molar-refractivity contribution in [2.24, 2.45) is 0 Å². The van der Waals surface area contributed by atoms with Gasteiger partial charge in [0.15, 0.2) is 11.5 Å². The smallest absolute Gasteiger partial charge is 0.254 e. The van der Waals surface area contributed by atoms with Crippen LogP contribution in [0.3, 0.4) is 0 Å². The summed E-state index contributed by atoms with van der Waals surface area (Å²) in [5, 5.41) is 2.94. The molecule has 0 radical (unpaired) electrons. The molecular weight excluding hydrogens is 522 g/mol. The van der Waals surface area contributed by atoms with E-state index in [1.54, 1.807) is 19.5 Å². The highest BCUT2D eigenvalue weighted by Gasteiger charge is 2.24. The number of hydrogen-bond acceptors (Lipinski definition) is 9. The summed E-state index contributed by atoms with van der Waals surface area (Å²) in [6.45, 7) is 4.44. The van der Waals surface area contributed by atoms with Crippen molar-refractivity contribution >= 4 is 43.3 Å². The average molecular weight is 558 g/mol. The molecule has 1 unspecified atom stereocenters. The third-order valence-corrected chi connectivity index (χ3v) is 6.50. The molecule has 0 bridgehead atoms. The van der Waals surface area contributed by atoms with Gasteiger partial charge in [-0.2, -0.15) is 13.5 Å². The van der Waals surface area contributed by atoms with Crippen LogP contribution in [0.4, 0.5) is 11.6 Å². The average Bonchev–Trinajstić information content (AvgIpc) is 2.93. The monoisotopic (exact) mass is 557 g/mol. The van der Waals surface area contributed by atoms with Gasteiger partial charge >= 0.3 is 0 Å². The number of amides is 1. The number of carbonyl (C=O) groups excluding carboxylic acids is 1. The van der Waals surface area contributed by atoms with Crippen molar-refractivity contribution < 1.29 is 18.5 Å². The molecule has 11 heteroatoms. The van der Waals surface area contributed by atoms with Gasteiger partial charge in [0.05, 0.1) is 25.8 Å². The van der Waals surface area contributed by atoms with Gasteiger partial charge in [0.1, 0.15) is 18.3 Å². The molecule has 1 N–H and O–H groups in total. The van der Waals surface area contributed by atoms with E-state index >= 15 is 0 Å². The maximum atomic E-state index is 12.7. The Labute approximate surface area is 235 Å². The minimum absolute atomic E-state index is 0. The van der Waals surface area contributed by atoms with Crippen LogP contribution in [0.1, 0.15) is 35.7 Å². The lowest BCUT2D eigenvalue weighted by atomic mass is 10.1. The summed E-state index contributed by atoms with van der Waals surface area (Å²) in [6, 6.07) is 15.6. The van der Waals surface area contributed by atoms with E-state index < -0.39 is 0 Å². The normalized spacial score (nSPS) is 14.8. The van der Waals surface area contributed by atoms with Gasteiger partial charge in [-0.1, -0.05) is 24.3 Å². The van der Waals surface area contributed by atoms with Gasteiger partial charge in [0, 0.05) is 38.2 Å². The van der Waals surface area contributed by atoms with Gasteiger partial charge in [0.2, 0.25) is 5.95 Å². The van der Waals surface area contributed by atoms with Crippen LogP contribution in [-0.2, 0) is 10.7 Å². The molecule has 1 aliphatic heterocycles. The molecule has 1 aliphatic rings. The van der Waals surface area contributed by atoms with Crippen molar-refractivity contribution in [3.05, 3.63) is 72.1 Å². The molecule has 9 nitrogen and oxygen atoms in total. The van der Waals surface area contributed by atoms with E-state index in [0.29, 0.717) is 31.2 Å². The van der Waals surface area contributed by atoms with Gasteiger partial charge in [-0.15, -0.1) is 0 Å². The Morgan fingerprint density at radius 2 is 1.92 bits per heavy atom. The fraction of sp³-hybridized carbons (Fsp3) is 0.370. The van der Waals surface area contributed by atoms with Crippen LogP contribution >= 0.6 is 25.7 Å². The van der Waals surface area contributed by atoms with E-state index in [1.807, 2.05) is 66.8 Å². The molecule has 0 saturated carbocycles. The molecule has 204 valence electrons. The third-order valence-electron chi connectivity index (χ3n) is 5.92. The fourth-order valence-corrected chi connectivity index (χ4v) is 4.54. The second-order valence-corrected chi connectivity index (χ2v) is 9.60. The Kier molecular flexibility index (Phi) is 11.4. The van der Waals surface area contributed by atoms with Gasteiger partial charge in [0.25, 0.3) is 5.91 Å². The minimum Gasteiger partial charge on any atom is -0.490 e. The number of anilines is 2. The molecule has 3 aromatic rings. The third kappa shape index (κ3) is 7.92. The molecule has 38 heavy (non-hydrogen) atoms. The SMILES string of the molecule is CCOc1ccccc1OC1CCCN(c2ncc(C(=O)NCc3cccc(N(C)SOC)c3)cn2)C1.S. The predicted molar refractivity (Wildman–Crippen MR) is 157 cm³/mol. The van der Waals surface area contributed by atoms with E-state index in [2.05, 4.69) is 20.2 Å². The first-order chi connectivity index (χ1) is 18.1. The summed E-state index contributed by atoms with van der Waals surface area (Å²) in [5.74, 6) is 1.87. The van der Waals surface area contributed by atoms with Crippen LogP contribution in [0, 0.1) is 0 Å². The van der Waals surface area contributed by atoms with Crippen LogP contribution in [0.15, 0.2) is 60.9 Å². The molecule has 0 spiro atoms. The highest BCUT2D eigenvalue weighted by atomic mass is 32.2. The van der Waals surface area contributed by atoms with Crippen molar-refractivity contribution in [1.29, 1.82) is 0 Å². The van der Waals surface area contributed by atoms with E-state index in [-0.39, 0.29) is 25.5 Å². The Balaban J connectivity index is 0.00000400. The zero-order valence-electron chi connectivity index (χ0n) is 21.9. The number of para-hydroxylation sites is 2. The van der Waals surface area contributed by atoms with Crippen molar-refractivity contribution in [2.75, 3.05) is 43.1 Å². The molecule has 1 amide bonds. The molecule has 2 heterocycles. The molecule has 1 atom stereocenters. The lowest BCUT2D eigenvalue weighted by molar-refractivity contribution is 0.0950. The van der Waals surface area contributed by atoms with Crippen LogP contribution < -0.4 is 24.0 Å². The number of aromatic nitrogens is 2. The van der Waals surface area contributed by atoms with Gasteiger partial charge in [-0.3, -0.25) is 9.10 Å². The number of rotatable bonds is 11. The number of benzene rings is 2. The summed E-state index contributed by atoms with van der Waals surface area (Å²) in [6.07, 6.45) is 5.06. The lowest BCUT2D eigenvalue weighted by Gasteiger charge is -2.33. The van der Waals surface area contributed by atoms with Gasteiger partial charge < -0.3 is 23.9 Å². The highest BCUT2D eigenvalue weighted by Crippen LogP contribution is 2.29. The van der Waals surface area contributed by atoms with Crippen LogP contribution in [0.5, 0.6) is 11.5 Å². The molecule has 1 saturated heterocycles. The van der Waals surface area contributed by atoms with Crippen LogP contribution in [-0.4, -0.2) is 55.8 Å².